The lowest BCUT2D eigenvalue weighted by molar-refractivity contribution is 0.395. The average molecular weight is 298 g/mol. The van der Waals surface area contributed by atoms with Crippen molar-refractivity contribution < 1.29 is 9.47 Å². The van der Waals surface area contributed by atoms with E-state index in [4.69, 9.17) is 15.2 Å². The zero-order chi connectivity index (χ0) is 15.5. The summed E-state index contributed by atoms with van der Waals surface area (Å²) in [5.74, 6) is 1.45. The standard InChI is InChI=1S/C16H18N4O2/c1-21-11-4-5-12(14(10-11)22-2)15-13(6-7-17)16-18-8-3-9-20(16)19-15/h3-5,8-10H,6-7,17H2,1-2H3. The summed E-state index contributed by atoms with van der Waals surface area (Å²) < 4.78 is 12.5. The summed E-state index contributed by atoms with van der Waals surface area (Å²) in [6.45, 7) is 0.531. The number of fused-ring (bicyclic) bond motifs is 1. The van der Waals surface area contributed by atoms with Gasteiger partial charge >= 0.3 is 0 Å². The van der Waals surface area contributed by atoms with Gasteiger partial charge in [0.15, 0.2) is 5.65 Å². The molecule has 0 aliphatic heterocycles. The lowest BCUT2D eigenvalue weighted by Gasteiger charge is -2.09. The van der Waals surface area contributed by atoms with E-state index in [0.29, 0.717) is 18.7 Å². The summed E-state index contributed by atoms with van der Waals surface area (Å²) in [7, 11) is 3.26. The van der Waals surface area contributed by atoms with Crippen molar-refractivity contribution in [1.29, 1.82) is 0 Å². The van der Waals surface area contributed by atoms with Crippen LogP contribution in [0.5, 0.6) is 11.5 Å². The third kappa shape index (κ3) is 2.37. The van der Waals surface area contributed by atoms with Crippen LogP contribution in [0, 0.1) is 0 Å². The van der Waals surface area contributed by atoms with Crippen molar-refractivity contribution in [2.75, 3.05) is 20.8 Å². The van der Waals surface area contributed by atoms with Gasteiger partial charge in [-0.2, -0.15) is 5.10 Å². The zero-order valence-electron chi connectivity index (χ0n) is 12.6. The zero-order valence-corrected chi connectivity index (χ0v) is 12.6. The van der Waals surface area contributed by atoms with Gasteiger partial charge in [0, 0.05) is 29.6 Å². The molecule has 2 heterocycles. The lowest BCUT2D eigenvalue weighted by atomic mass is 10.0. The van der Waals surface area contributed by atoms with E-state index in [-0.39, 0.29) is 0 Å². The van der Waals surface area contributed by atoms with Crippen molar-refractivity contribution in [1.82, 2.24) is 14.6 Å². The van der Waals surface area contributed by atoms with E-state index < -0.39 is 0 Å². The van der Waals surface area contributed by atoms with E-state index in [1.54, 1.807) is 24.9 Å². The van der Waals surface area contributed by atoms with E-state index in [2.05, 4.69) is 10.1 Å². The van der Waals surface area contributed by atoms with Crippen LogP contribution in [0.25, 0.3) is 16.9 Å². The first kappa shape index (κ1) is 14.3. The second kappa shape index (κ2) is 6.03. The second-order valence-corrected chi connectivity index (χ2v) is 4.82. The number of aromatic nitrogens is 3. The first-order valence-corrected chi connectivity index (χ1v) is 7.03. The van der Waals surface area contributed by atoms with Gasteiger partial charge < -0.3 is 15.2 Å². The molecular formula is C16H18N4O2. The molecule has 114 valence electrons. The molecule has 22 heavy (non-hydrogen) atoms. The molecule has 0 bridgehead atoms. The average Bonchev–Trinajstić information content (AvgIpc) is 2.93. The Kier molecular flexibility index (Phi) is 3.93. The number of hydrogen-bond donors (Lipinski definition) is 1. The van der Waals surface area contributed by atoms with Crippen molar-refractivity contribution in [3.63, 3.8) is 0 Å². The number of rotatable bonds is 5. The Bertz CT molecular complexity index is 798. The molecule has 2 N–H and O–H groups in total. The summed E-state index contributed by atoms with van der Waals surface area (Å²) in [5.41, 5.74) is 9.33. The van der Waals surface area contributed by atoms with Gasteiger partial charge in [0.25, 0.3) is 0 Å². The Morgan fingerprint density at radius 2 is 2.09 bits per heavy atom. The van der Waals surface area contributed by atoms with Gasteiger partial charge in [-0.1, -0.05) is 0 Å². The molecule has 6 heteroatoms. The first-order valence-electron chi connectivity index (χ1n) is 7.03. The molecule has 0 spiro atoms. The monoisotopic (exact) mass is 298 g/mol. The van der Waals surface area contributed by atoms with Crippen molar-refractivity contribution >= 4 is 5.65 Å². The second-order valence-electron chi connectivity index (χ2n) is 4.82. The fourth-order valence-electron chi connectivity index (χ4n) is 2.52. The Balaban J connectivity index is 2.23. The summed E-state index contributed by atoms with van der Waals surface area (Å²) in [4.78, 5) is 4.41. The molecule has 2 aromatic heterocycles. The molecule has 0 unspecified atom stereocenters. The summed E-state index contributed by atoms with van der Waals surface area (Å²) in [6.07, 6.45) is 4.33. The van der Waals surface area contributed by atoms with Gasteiger partial charge in [0.05, 0.1) is 14.2 Å². The van der Waals surface area contributed by atoms with Gasteiger partial charge in [0.1, 0.15) is 17.2 Å². The Morgan fingerprint density at radius 3 is 2.82 bits per heavy atom. The maximum absolute atomic E-state index is 5.76. The highest BCUT2D eigenvalue weighted by molar-refractivity contribution is 5.76. The van der Waals surface area contributed by atoms with Crippen molar-refractivity contribution in [2.24, 2.45) is 5.73 Å². The van der Waals surface area contributed by atoms with Crippen LogP contribution >= 0.6 is 0 Å². The molecule has 3 rings (SSSR count). The molecule has 0 amide bonds. The highest BCUT2D eigenvalue weighted by Gasteiger charge is 2.18. The smallest absolute Gasteiger partial charge is 0.158 e. The highest BCUT2D eigenvalue weighted by Crippen LogP contribution is 2.35. The highest BCUT2D eigenvalue weighted by atomic mass is 16.5. The minimum Gasteiger partial charge on any atom is -0.497 e. The SMILES string of the molecule is COc1ccc(-c2nn3cccnc3c2CCN)c(OC)c1. The Morgan fingerprint density at radius 1 is 1.23 bits per heavy atom. The number of methoxy groups -OCH3 is 2. The molecule has 0 aliphatic rings. The maximum atomic E-state index is 5.76. The third-order valence-corrected chi connectivity index (χ3v) is 3.55. The van der Waals surface area contributed by atoms with Crippen molar-refractivity contribution in [3.05, 3.63) is 42.2 Å². The quantitative estimate of drug-likeness (QED) is 0.779. The predicted molar refractivity (Wildman–Crippen MR) is 84.3 cm³/mol. The van der Waals surface area contributed by atoms with Crippen LogP contribution in [-0.4, -0.2) is 35.4 Å². The summed E-state index contributed by atoms with van der Waals surface area (Å²) >= 11 is 0. The van der Waals surface area contributed by atoms with Crippen LogP contribution in [0.4, 0.5) is 0 Å². The number of ether oxygens (including phenoxy) is 2. The molecule has 0 fully saturated rings. The molecule has 0 saturated carbocycles. The van der Waals surface area contributed by atoms with E-state index in [9.17, 15) is 0 Å². The molecule has 0 aliphatic carbocycles. The predicted octanol–water partition coefficient (Wildman–Crippen LogP) is 1.91. The van der Waals surface area contributed by atoms with Gasteiger partial charge in [-0.05, 0) is 31.2 Å². The molecule has 6 nitrogen and oxygen atoms in total. The third-order valence-electron chi connectivity index (χ3n) is 3.55. The first-order chi connectivity index (χ1) is 10.8. The molecule has 0 atom stereocenters. The van der Waals surface area contributed by atoms with E-state index in [0.717, 1.165) is 28.2 Å². The fourth-order valence-corrected chi connectivity index (χ4v) is 2.52. The van der Waals surface area contributed by atoms with E-state index >= 15 is 0 Å². The van der Waals surface area contributed by atoms with Crippen LogP contribution in [0.1, 0.15) is 5.56 Å². The van der Waals surface area contributed by atoms with Crippen LogP contribution in [0.15, 0.2) is 36.7 Å². The minimum absolute atomic E-state index is 0.531. The molecule has 0 saturated heterocycles. The van der Waals surface area contributed by atoms with E-state index in [1.807, 2.05) is 30.5 Å². The van der Waals surface area contributed by atoms with E-state index in [1.165, 1.54) is 0 Å². The summed E-state index contributed by atoms with van der Waals surface area (Å²) in [6, 6.07) is 7.53. The van der Waals surface area contributed by atoms with Crippen molar-refractivity contribution in [2.45, 2.75) is 6.42 Å². The topological polar surface area (TPSA) is 74.7 Å². The maximum Gasteiger partial charge on any atom is 0.158 e. The largest absolute Gasteiger partial charge is 0.497 e. The fraction of sp³-hybridized carbons (Fsp3) is 0.250. The number of hydrogen-bond acceptors (Lipinski definition) is 5. The molecule has 0 radical (unpaired) electrons. The molecule has 3 aromatic rings. The van der Waals surface area contributed by atoms with Crippen LogP contribution < -0.4 is 15.2 Å². The normalized spacial score (nSPS) is 10.9. The number of nitrogens with two attached hydrogens (primary N) is 1. The van der Waals surface area contributed by atoms with Crippen LogP contribution in [-0.2, 0) is 6.42 Å². The van der Waals surface area contributed by atoms with Gasteiger partial charge in [-0.15, -0.1) is 0 Å². The molecule has 1 aromatic carbocycles. The molecular weight excluding hydrogens is 280 g/mol. The van der Waals surface area contributed by atoms with Crippen molar-refractivity contribution in [3.8, 4) is 22.8 Å². The van der Waals surface area contributed by atoms with Gasteiger partial charge in [-0.3, -0.25) is 0 Å². The van der Waals surface area contributed by atoms with Gasteiger partial charge in [-0.25, -0.2) is 9.50 Å². The number of nitrogens with zero attached hydrogens (tertiary/aromatic N) is 3. The van der Waals surface area contributed by atoms with Gasteiger partial charge in [0.2, 0.25) is 0 Å². The lowest BCUT2D eigenvalue weighted by Crippen LogP contribution is -2.04. The Hall–Kier alpha value is -2.60. The minimum atomic E-state index is 0.531. The van der Waals surface area contributed by atoms with Crippen LogP contribution in [0.2, 0.25) is 0 Å². The summed E-state index contributed by atoms with van der Waals surface area (Å²) in [5, 5.41) is 4.64. The van der Waals surface area contributed by atoms with Crippen LogP contribution in [0.3, 0.4) is 0 Å². The Labute approximate surface area is 128 Å². The number of benzene rings is 1.